The summed E-state index contributed by atoms with van der Waals surface area (Å²) >= 11 is 0. The molecule has 0 spiro atoms. The van der Waals surface area contributed by atoms with Gasteiger partial charge in [-0.3, -0.25) is 9.69 Å². The van der Waals surface area contributed by atoms with E-state index >= 15 is 0 Å². The van der Waals surface area contributed by atoms with Crippen molar-refractivity contribution in [1.82, 2.24) is 15.5 Å². The first-order valence-electron chi connectivity index (χ1n) is 6.20. The SMILES string of the molecule is Cc1ccc(C2NC(=O)N(C)C3=C2C(=O)NC3)cc1. The van der Waals surface area contributed by atoms with Gasteiger partial charge >= 0.3 is 6.03 Å². The zero-order valence-corrected chi connectivity index (χ0v) is 10.9. The van der Waals surface area contributed by atoms with Gasteiger partial charge in [0.15, 0.2) is 0 Å². The number of nitrogens with zero attached hydrogens (tertiary/aromatic N) is 1. The van der Waals surface area contributed by atoms with Crippen molar-refractivity contribution in [2.45, 2.75) is 13.0 Å². The van der Waals surface area contributed by atoms with Crippen LogP contribution in [0.5, 0.6) is 0 Å². The molecule has 1 atom stereocenters. The molecule has 3 amide bonds. The molecule has 2 aliphatic rings. The summed E-state index contributed by atoms with van der Waals surface area (Å²) in [5, 5.41) is 5.65. The maximum atomic E-state index is 12.0. The van der Waals surface area contributed by atoms with Gasteiger partial charge in [-0.15, -0.1) is 0 Å². The van der Waals surface area contributed by atoms with Crippen LogP contribution in [-0.2, 0) is 4.79 Å². The standard InChI is InChI=1S/C14H15N3O2/c1-8-3-5-9(6-4-8)12-11-10(7-15-13(11)18)17(2)14(19)16-12/h3-6,12H,7H2,1-2H3,(H,15,18)(H,16,19). The van der Waals surface area contributed by atoms with Crippen LogP contribution < -0.4 is 10.6 Å². The van der Waals surface area contributed by atoms with Gasteiger partial charge in [-0.05, 0) is 12.5 Å². The van der Waals surface area contributed by atoms with Crippen LogP contribution in [0.2, 0.25) is 0 Å². The molecular formula is C14H15N3O2. The van der Waals surface area contributed by atoms with Gasteiger partial charge in [0, 0.05) is 7.05 Å². The van der Waals surface area contributed by atoms with Gasteiger partial charge in [-0.1, -0.05) is 29.8 Å². The van der Waals surface area contributed by atoms with Crippen molar-refractivity contribution in [2.75, 3.05) is 13.6 Å². The summed E-state index contributed by atoms with van der Waals surface area (Å²) in [6.07, 6.45) is 0. The molecule has 0 saturated heterocycles. The van der Waals surface area contributed by atoms with Crippen LogP contribution in [0.1, 0.15) is 17.2 Å². The number of carbonyl (C=O) groups is 2. The molecule has 2 heterocycles. The zero-order chi connectivity index (χ0) is 13.6. The quantitative estimate of drug-likeness (QED) is 0.790. The van der Waals surface area contributed by atoms with Crippen LogP contribution in [0, 0.1) is 6.92 Å². The van der Waals surface area contributed by atoms with Crippen molar-refractivity contribution in [2.24, 2.45) is 0 Å². The number of aryl methyl sites for hydroxylation is 1. The highest BCUT2D eigenvalue weighted by molar-refractivity contribution is 6.01. The lowest BCUT2D eigenvalue weighted by Gasteiger charge is -2.31. The fourth-order valence-electron chi connectivity index (χ4n) is 2.51. The monoisotopic (exact) mass is 257 g/mol. The third-order valence-corrected chi connectivity index (χ3v) is 3.65. The van der Waals surface area contributed by atoms with Crippen molar-refractivity contribution in [3.05, 3.63) is 46.7 Å². The molecule has 0 fully saturated rings. The van der Waals surface area contributed by atoms with Gasteiger partial charge in [0.25, 0.3) is 5.91 Å². The minimum absolute atomic E-state index is 0.104. The predicted octanol–water partition coefficient (Wildman–Crippen LogP) is 1.08. The maximum absolute atomic E-state index is 12.0. The molecule has 1 unspecified atom stereocenters. The van der Waals surface area contributed by atoms with Gasteiger partial charge < -0.3 is 10.6 Å². The number of hydrogen-bond donors (Lipinski definition) is 2. The number of likely N-dealkylation sites (N-methyl/N-ethyl adjacent to an activating group) is 1. The number of benzene rings is 1. The Morgan fingerprint density at radius 2 is 1.89 bits per heavy atom. The predicted molar refractivity (Wildman–Crippen MR) is 70.3 cm³/mol. The lowest BCUT2D eigenvalue weighted by atomic mass is 9.95. The van der Waals surface area contributed by atoms with E-state index in [-0.39, 0.29) is 18.0 Å². The van der Waals surface area contributed by atoms with Crippen LogP contribution in [0.3, 0.4) is 0 Å². The van der Waals surface area contributed by atoms with E-state index in [1.165, 1.54) is 4.90 Å². The second-order valence-electron chi connectivity index (χ2n) is 4.90. The zero-order valence-electron chi connectivity index (χ0n) is 10.9. The second-order valence-corrected chi connectivity index (χ2v) is 4.90. The Kier molecular flexibility index (Phi) is 2.55. The minimum Gasteiger partial charge on any atom is -0.347 e. The highest BCUT2D eigenvalue weighted by atomic mass is 16.2. The number of urea groups is 1. The Hall–Kier alpha value is -2.30. The van der Waals surface area contributed by atoms with Crippen molar-refractivity contribution < 1.29 is 9.59 Å². The van der Waals surface area contributed by atoms with E-state index in [0.717, 1.165) is 16.8 Å². The molecule has 0 radical (unpaired) electrons. The summed E-state index contributed by atoms with van der Waals surface area (Å²) in [5.41, 5.74) is 3.48. The first kappa shape index (κ1) is 11.8. The number of rotatable bonds is 1. The van der Waals surface area contributed by atoms with Crippen LogP contribution in [0.4, 0.5) is 4.79 Å². The number of hydrogen-bond acceptors (Lipinski definition) is 2. The summed E-state index contributed by atoms with van der Waals surface area (Å²) in [6, 6.07) is 7.31. The van der Waals surface area contributed by atoms with Crippen molar-refractivity contribution >= 4 is 11.9 Å². The van der Waals surface area contributed by atoms with Gasteiger partial charge in [-0.25, -0.2) is 4.79 Å². The molecule has 0 aromatic heterocycles. The summed E-state index contributed by atoms with van der Waals surface area (Å²) in [4.78, 5) is 25.4. The Bertz CT molecular complexity index is 589. The van der Waals surface area contributed by atoms with Gasteiger partial charge in [-0.2, -0.15) is 0 Å². The smallest absolute Gasteiger partial charge is 0.322 e. The highest BCUT2D eigenvalue weighted by Crippen LogP contribution is 2.32. The molecule has 3 rings (SSSR count). The van der Waals surface area contributed by atoms with Crippen molar-refractivity contribution in [3.63, 3.8) is 0 Å². The lowest BCUT2D eigenvalue weighted by Crippen LogP contribution is -2.45. The Labute approximate surface area is 111 Å². The van der Waals surface area contributed by atoms with Gasteiger partial charge in [0.05, 0.1) is 23.9 Å². The van der Waals surface area contributed by atoms with E-state index < -0.39 is 0 Å². The lowest BCUT2D eigenvalue weighted by molar-refractivity contribution is -0.116. The van der Waals surface area contributed by atoms with E-state index in [4.69, 9.17) is 0 Å². The highest BCUT2D eigenvalue weighted by Gasteiger charge is 2.38. The van der Waals surface area contributed by atoms with Crippen LogP contribution in [0.15, 0.2) is 35.5 Å². The molecule has 2 aliphatic heterocycles. The topological polar surface area (TPSA) is 61.4 Å². The van der Waals surface area contributed by atoms with Crippen LogP contribution in [-0.4, -0.2) is 30.4 Å². The average Bonchev–Trinajstić information content (AvgIpc) is 2.78. The van der Waals surface area contributed by atoms with Crippen molar-refractivity contribution in [3.8, 4) is 0 Å². The maximum Gasteiger partial charge on any atom is 0.322 e. The molecule has 98 valence electrons. The normalized spacial score (nSPS) is 22.2. The molecule has 5 heteroatoms. The molecular weight excluding hydrogens is 242 g/mol. The first-order valence-corrected chi connectivity index (χ1v) is 6.20. The fourth-order valence-corrected chi connectivity index (χ4v) is 2.51. The van der Waals surface area contributed by atoms with Crippen LogP contribution >= 0.6 is 0 Å². The van der Waals surface area contributed by atoms with Crippen molar-refractivity contribution in [1.29, 1.82) is 0 Å². The van der Waals surface area contributed by atoms with E-state index in [9.17, 15) is 9.59 Å². The Balaban J connectivity index is 2.08. The Morgan fingerprint density at radius 3 is 2.58 bits per heavy atom. The number of nitrogens with one attached hydrogen (secondary N) is 2. The van der Waals surface area contributed by atoms with Gasteiger partial charge in [0.1, 0.15) is 0 Å². The van der Waals surface area contributed by atoms with Gasteiger partial charge in [0.2, 0.25) is 0 Å². The molecule has 1 aromatic carbocycles. The van der Waals surface area contributed by atoms with Crippen LogP contribution in [0.25, 0.3) is 0 Å². The molecule has 2 N–H and O–H groups in total. The molecule has 0 bridgehead atoms. The second kappa shape index (κ2) is 4.12. The molecule has 0 saturated carbocycles. The van der Waals surface area contributed by atoms with E-state index in [1.54, 1.807) is 7.05 Å². The van der Waals surface area contributed by atoms with E-state index in [2.05, 4.69) is 10.6 Å². The summed E-state index contributed by atoms with van der Waals surface area (Å²) in [6.45, 7) is 2.42. The third-order valence-electron chi connectivity index (χ3n) is 3.65. The number of carbonyl (C=O) groups excluding carboxylic acids is 2. The molecule has 19 heavy (non-hydrogen) atoms. The molecule has 0 aliphatic carbocycles. The molecule has 5 nitrogen and oxygen atoms in total. The Morgan fingerprint density at radius 1 is 1.21 bits per heavy atom. The fraction of sp³-hybridized carbons (Fsp3) is 0.286. The minimum atomic E-state index is -0.359. The van der Waals surface area contributed by atoms with E-state index in [0.29, 0.717) is 12.1 Å². The number of amides is 3. The third kappa shape index (κ3) is 1.78. The summed E-state index contributed by atoms with van der Waals surface area (Å²) in [7, 11) is 1.68. The molecule has 1 aromatic rings. The summed E-state index contributed by atoms with van der Waals surface area (Å²) in [5.74, 6) is -0.104. The summed E-state index contributed by atoms with van der Waals surface area (Å²) < 4.78 is 0. The largest absolute Gasteiger partial charge is 0.347 e. The first-order chi connectivity index (χ1) is 9.08. The average molecular weight is 257 g/mol. The van der Waals surface area contributed by atoms with E-state index in [1.807, 2.05) is 31.2 Å².